The third-order valence-corrected chi connectivity index (χ3v) is 3.63. The second-order valence-electron chi connectivity index (χ2n) is 4.19. The van der Waals surface area contributed by atoms with E-state index >= 15 is 0 Å². The summed E-state index contributed by atoms with van der Waals surface area (Å²) in [5.74, 6) is -0.496. The summed E-state index contributed by atoms with van der Waals surface area (Å²) >= 11 is 8.84. The third-order valence-electron chi connectivity index (χ3n) is 2.78. The molecule has 0 aromatic heterocycles. The number of hydrogen-bond acceptors (Lipinski definition) is 1. The predicted octanol–water partition coefficient (Wildman–Crippen LogP) is 4.62. The topological polar surface area (TPSA) is 29.1 Å². The highest BCUT2D eigenvalue weighted by Gasteiger charge is 2.15. The maximum Gasteiger partial charge on any atom is 0.259 e. The molecule has 0 radical (unpaired) electrons. The Kier molecular flexibility index (Phi) is 5.15. The zero-order valence-electron chi connectivity index (χ0n) is 10.5. The van der Waals surface area contributed by atoms with E-state index in [-0.39, 0.29) is 5.56 Å². The largest absolute Gasteiger partial charge is 0.322 e. The van der Waals surface area contributed by atoms with Crippen LogP contribution in [0.4, 0.5) is 10.1 Å². The van der Waals surface area contributed by atoms with Gasteiger partial charge in [-0.2, -0.15) is 0 Å². The number of benzene rings is 2. The minimum atomic E-state index is -0.560. The zero-order valence-corrected chi connectivity index (χ0v) is 12.8. The van der Waals surface area contributed by atoms with E-state index in [4.69, 9.17) is 11.6 Å². The summed E-state index contributed by atoms with van der Waals surface area (Å²) in [4.78, 5) is 12.1. The van der Waals surface area contributed by atoms with Gasteiger partial charge in [0.1, 0.15) is 5.82 Å². The zero-order chi connectivity index (χ0) is 14.5. The van der Waals surface area contributed by atoms with Crippen molar-refractivity contribution in [1.29, 1.82) is 0 Å². The number of nitrogens with one attached hydrogen (secondary N) is 1. The van der Waals surface area contributed by atoms with Crippen molar-refractivity contribution in [1.82, 2.24) is 0 Å². The maximum atomic E-state index is 13.7. The van der Waals surface area contributed by atoms with Gasteiger partial charge in [0, 0.05) is 16.0 Å². The van der Waals surface area contributed by atoms with Crippen molar-refractivity contribution in [3.8, 4) is 0 Å². The minimum Gasteiger partial charge on any atom is -0.322 e. The summed E-state index contributed by atoms with van der Waals surface area (Å²) in [6, 6.07) is 11.7. The summed E-state index contributed by atoms with van der Waals surface area (Å²) < 4.78 is 14.1. The van der Waals surface area contributed by atoms with Gasteiger partial charge in [-0.1, -0.05) is 18.2 Å². The van der Waals surface area contributed by atoms with Crippen LogP contribution in [0.15, 0.2) is 46.9 Å². The lowest BCUT2D eigenvalue weighted by atomic mass is 10.1. The molecule has 2 aromatic rings. The van der Waals surface area contributed by atoms with Gasteiger partial charge < -0.3 is 5.32 Å². The molecule has 2 nitrogen and oxygen atoms in total. The molecule has 2 aromatic carbocycles. The number of hydrogen-bond donors (Lipinski definition) is 1. The first-order chi connectivity index (χ1) is 9.61. The molecule has 0 bridgehead atoms. The normalized spacial score (nSPS) is 10.3. The molecule has 20 heavy (non-hydrogen) atoms. The van der Waals surface area contributed by atoms with Crippen LogP contribution < -0.4 is 5.32 Å². The predicted molar refractivity (Wildman–Crippen MR) is 82.9 cm³/mol. The summed E-state index contributed by atoms with van der Waals surface area (Å²) in [7, 11) is 0. The maximum absolute atomic E-state index is 13.7. The van der Waals surface area contributed by atoms with Crippen LogP contribution in [-0.2, 0) is 6.42 Å². The van der Waals surface area contributed by atoms with Gasteiger partial charge >= 0.3 is 0 Å². The average Bonchev–Trinajstić information content (AvgIpc) is 2.41. The molecule has 0 aliphatic carbocycles. The lowest BCUT2D eigenvalue weighted by molar-refractivity contribution is 0.102. The molecule has 1 N–H and O–H groups in total. The smallest absolute Gasteiger partial charge is 0.259 e. The Morgan fingerprint density at radius 2 is 1.90 bits per heavy atom. The molecule has 0 fully saturated rings. The number of amides is 1. The van der Waals surface area contributed by atoms with Crippen LogP contribution in [0.1, 0.15) is 15.9 Å². The molecule has 0 spiro atoms. The monoisotopic (exact) mass is 355 g/mol. The number of carbonyl (C=O) groups is 1. The lowest BCUT2D eigenvalue weighted by Gasteiger charge is -2.08. The fourth-order valence-corrected chi connectivity index (χ4v) is 2.51. The molecular formula is C15H12BrClFNO. The molecule has 0 unspecified atom stereocenters. The summed E-state index contributed by atoms with van der Waals surface area (Å²) in [5, 5.41) is 2.67. The number of rotatable bonds is 4. The van der Waals surface area contributed by atoms with E-state index in [0.29, 0.717) is 16.0 Å². The van der Waals surface area contributed by atoms with Gasteiger partial charge in [-0.25, -0.2) is 4.39 Å². The van der Waals surface area contributed by atoms with Crippen molar-refractivity contribution in [2.45, 2.75) is 6.42 Å². The fraction of sp³-hybridized carbons (Fsp3) is 0.133. The van der Waals surface area contributed by atoms with Crippen LogP contribution in [0.5, 0.6) is 0 Å². The minimum absolute atomic E-state index is 0.00247. The highest BCUT2D eigenvalue weighted by atomic mass is 79.9. The van der Waals surface area contributed by atoms with Gasteiger partial charge in [-0.3, -0.25) is 4.79 Å². The van der Waals surface area contributed by atoms with Gasteiger partial charge in [0.2, 0.25) is 0 Å². The Morgan fingerprint density at radius 3 is 2.50 bits per heavy atom. The second-order valence-corrected chi connectivity index (χ2v) is 5.42. The molecule has 0 heterocycles. The first-order valence-corrected chi connectivity index (χ1v) is 7.35. The van der Waals surface area contributed by atoms with E-state index in [9.17, 15) is 9.18 Å². The number of anilines is 1. The van der Waals surface area contributed by atoms with E-state index in [1.54, 1.807) is 18.2 Å². The van der Waals surface area contributed by atoms with E-state index in [1.807, 2.05) is 12.1 Å². The molecule has 2 rings (SSSR count). The summed E-state index contributed by atoms with van der Waals surface area (Å²) in [6.45, 7) is 0. The van der Waals surface area contributed by atoms with Gasteiger partial charge in [-0.05, 0) is 52.2 Å². The van der Waals surface area contributed by atoms with Crippen LogP contribution in [0.3, 0.4) is 0 Å². The molecule has 0 atom stereocenters. The highest BCUT2D eigenvalue weighted by Crippen LogP contribution is 2.21. The molecule has 0 aliphatic heterocycles. The van der Waals surface area contributed by atoms with Crippen LogP contribution in [0.25, 0.3) is 0 Å². The van der Waals surface area contributed by atoms with E-state index < -0.39 is 11.7 Å². The van der Waals surface area contributed by atoms with Gasteiger partial charge in [0.25, 0.3) is 5.91 Å². The SMILES string of the molecule is O=C(Nc1ccc(CCCl)cc1)c1c(F)cccc1Br. The third kappa shape index (κ3) is 3.58. The first kappa shape index (κ1) is 15.0. The molecular weight excluding hydrogens is 345 g/mol. The van der Waals surface area contributed by atoms with Gasteiger partial charge in [0.15, 0.2) is 0 Å². The van der Waals surface area contributed by atoms with Crippen molar-refractivity contribution >= 4 is 39.1 Å². The van der Waals surface area contributed by atoms with Crippen LogP contribution in [0.2, 0.25) is 0 Å². The molecule has 0 saturated carbocycles. The van der Waals surface area contributed by atoms with E-state index in [1.165, 1.54) is 12.1 Å². The highest BCUT2D eigenvalue weighted by molar-refractivity contribution is 9.10. The Morgan fingerprint density at radius 1 is 1.20 bits per heavy atom. The van der Waals surface area contributed by atoms with Gasteiger partial charge in [-0.15, -0.1) is 11.6 Å². The van der Waals surface area contributed by atoms with Crippen molar-refractivity contribution < 1.29 is 9.18 Å². The van der Waals surface area contributed by atoms with Crippen molar-refractivity contribution in [2.75, 3.05) is 11.2 Å². The molecule has 1 amide bonds. The number of carbonyl (C=O) groups excluding carboxylic acids is 1. The lowest BCUT2D eigenvalue weighted by Crippen LogP contribution is -2.14. The number of halogens is 3. The molecule has 0 saturated heterocycles. The van der Waals surface area contributed by atoms with Crippen molar-refractivity contribution in [3.63, 3.8) is 0 Å². The van der Waals surface area contributed by atoms with E-state index in [0.717, 1.165) is 12.0 Å². The Bertz CT molecular complexity index is 596. The quantitative estimate of drug-likeness (QED) is 0.796. The second kappa shape index (κ2) is 6.86. The first-order valence-electron chi connectivity index (χ1n) is 6.02. The number of aryl methyl sites for hydroxylation is 1. The fourth-order valence-electron chi connectivity index (χ4n) is 1.77. The van der Waals surface area contributed by atoms with E-state index in [2.05, 4.69) is 21.2 Å². The summed E-state index contributed by atoms with van der Waals surface area (Å²) in [5.41, 5.74) is 1.70. The van der Waals surface area contributed by atoms with Crippen LogP contribution in [-0.4, -0.2) is 11.8 Å². The van der Waals surface area contributed by atoms with Gasteiger partial charge in [0.05, 0.1) is 5.56 Å². The molecule has 5 heteroatoms. The Labute approximate surface area is 130 Å². The van der Waals surface area contributed by atoms with Crippen LogP contribution >= 0.6 is 27.5 Å². The van der Waals surface area contributed by atoms with Crippen molar-refractivity contribution in [3.05, 3.63) is 63.9 Å². The number of alkyl halides is 1. The Hall–Kier alpha value is -1.39. The van der Waals surface area contributed by atoms with Crippen LogP contribution in [0, 0.1) is 5.82 Å². The average molecular weight is 357 g/mol. The molecule has 104 valence electrons. The standard InChI is InChI=1S/C15H12BrClFNO/c16-12-2-1-3-13(18)14(12)15(20)19-11-6-4-10(5-7-11)8-9-17/h1-7H,8-9H2,(H,19,20). The molecule has 0 aliphatic rings. The summed E-state index contributed by atoms with van der Waals surface area (Å²) in [6.07, 6.45) is 0.772. The Balaban J connectivity index is 2.15. The van der Waals surface area contributed by atoms with Crippen molar-refractivity contribution in [2.24, 2.45) is 0 Å².